The maximum Gasteiger partial charge on any atom is 0.267 e. The van der Waals surface area contributed by atoms with Gasteiger partial charge in [-0.2, -0.15) is 5.26 Å². The minimum absolute atomic E-state index is 0.124. The second-order valence-electron chi connectivity index (χ2n) is 7.55. The summed E-state index contributed by atoms with van der Waals surface area (Å²) < 4.78 is 3.57. The molecule has 0 aliphatic rings. The Morgan fingerprint density at radius 2 is 1.75 bits per heavy atom. The molecule has 2 aromatic heterocycles. The van der Waals surface area contributed by atoms with Gasteiger partial charge in [0.05, 0.1) is 28.2 Å². The zero-order chi connectivity index (χ0) is 22.2. The van der Waals surface area contributed by atoms with Crippen molar-refractivity contribution in [3.63, 3.8) is 0 Å². The van der Waals surface area contributed by atoms with Crippen LogP contribution in [0.2, 0.25) is 0 Å². The van der Waals surface area contributed by atoms with Crippen molar-refractivity contribution in [2.24, 2.45) is 0 Å². The van der Waals surface area contributed by atoms with E-state index in [9.17, 15) is 10.1 Å². The lowest BCUT2D eigenvalue weighted by Gasteiger charge is -2.14. The van der Waals surface area contributed by atoms with Crippen LogP contribution in [0.4, 0.5) is 0 Å². The number of nitrogens with zero attached hydrogens (tertiary/aromatic N) is 5. The van der Waals surface area contributed by atoms with Gasteiger partial charge in [-0.25, -0.2) is 4.57 Å². The molecule has 0 saturated heterocycles. The molecule has 7 heteroatoms. The first-order valence-electron chi connectivity index (χ1n) is 10.2. The van der Waals surface area contributed by atoms with Crippen LogP contribution in [0.3, 0.4) is 0 Å². The van der Waals surface area contributed by atoms with E-state index in [0.717, 1.165) is 27.9 Å². The smallest absolute Gasteiger partial charge is 0.267 e. The van der Waals surface area contributed by atoms with E-state index in [1.165, 1.54) is 11.8 Å². The van der Waals surface area contributed by atoms with Crippen molar-refractivity contribution < 1.29 is 0 Å². The number of fused-ring (bicyclic) bond motifs is 3. The zero-order valence-electron chi connectivity index (χ0n) is 17.6. The third-order valence-corrected chi connectivity index (χ3v) is 6.68. The third kappa shape index (κ3) is 3.17. The van der Waals surface area contributed by atoms with Crippen LogP contribution in [0.1, 0.15) is 22.3 Å². The summed E-state index contributed by atoms with van der Waals surface area (Å²) in [5.41, 5.74) is 5.13. The second-order valence-corrected chi connectivity index (χ2v) is 8.49. The average Bonchev–Trinajstić information content (AvgIpc) is 3.24. The quantitative estimate of drug-likeness (QED) is 0.377. The summed E-state index contributed by atoms with van der Waals surface area (Å²) in [6.45, 7) is 4.04. The maximum absolute atomic E-state index is 13.5. The van der Waals surface area contributed by atoms with Crippen LogP contribution in [0.25, 0.3) is 22.4 Å². The molecule has 156 valence electrons. The van der Waals surface area contributed by atoms with E-state index in [0.29, 0.717) is 27.6 Å². The number of hydrogen-bond donors (Lipinski definition) is 0. The van der Waals surface area contributed by atoms with Gasteiger partial charge in [0.2, 0.25) is 5.78 Å². The summed E-state index contributed by atoms with van der Waals surface area (Å²) >= 11 is 1.49. The highest BCUT2D eigenvalue weighted by Crippen LogP contribution is 2.27. The number of thioether (sulfide) groups is 1. The van der Waals surface area contributed by atoms with E-state index in [-0.39, 0.29) is 5.56 Å². The van der Waals surface area contributed by atoms with Crippen molar-refractivity contribution in [2.45, 2.75) is 24.8 Å². The number of rotatable bonds is 4. The van der Waals surface area contributed by atoms with Crippen LogP contribution in [0.5, 0.6) is 0 Å². The van der Waals surface area contributed by atoms with E-state index < -0.39 is 0 Å². The Morgan fingerprint density at radius 1 is 0.969 bits per heavy atom. The van der Waals surface area contributed by atoms with Gasteiger partial charge in [-0.3, -0.25) is 9.20 Å². The predicted octanol–water partition coefficient (Wildman–Crippen LogP) is 4.81. The highest BCUT2D eigenvalue weighted by Gasteiger charge is 2.19. The van der Waals surface area contributed by atoms with Crippen LogP contribution in [0.15, 0.2) is 76.7 Å². The largest absolute Gasteiger partial charge is 0.268 e. The summed E-state index contributed by atoms with van der Waals surface area (Å²) in [6.07, 6.45) is 0. The van der Waals surface area contributed by atoms with Gasteiger partial charge in [-0.1, -0.05) is 54.2 Å². The van der Waals surface area contributed by atoms with Gasteiger partial charge in [-0.15, -0.1) is 10.2 Å². The van der Waals surface area contributed by atoms with Gasteiger partial charge >= 0.3 is 0 Å². The number of para-hydroxylation sites is 1. The fraction of sp³-hybridized carbons (Fsp3) is 0.120. The van der Waals surface area contributed by atoms with Gasteiger partial charge in [0.15, 0.2) is 5.16 Å². The molecule has 0 aliphatic carbocycles. The highest BCUT2D eigenvalue weighted by atomic mass is 32.2. The first kappa shape index (κ1) is 20.0. The molecular formula is C25H19N5OS. The van der Waals surface area contributed by atoms with E-state index in [4.69, 9.17) is 0 Å². The van der Waals surface area contributed by atoms with E-state index in [2.05, 4.69) is 16.3 Å². The minimum atomic E-state index is -0.124. The van der Waals surface area contributed by atoms with Gasteiger partial charge in [0.1, 0.15) is 0 Å². The lowest BCUT2D eigenvalue weighted by Crippen LogP contribution is -2.22. The Labute approximate surface area is 188 Å². The molecule has 0 saturated carbocycles. The van der Waals surface area contributed by atoms with Crippen LogP contribution in [0, 0.1) is 25.2 Å². The maximum atomic E-state index is 13.5. The van der Waals surface area contributed by atoms with E-state index in [1.54, 1.807) is 4.57 Å². The summed E-state index contributed by atoms with van der Waals surface area (Å²) in [4.78, 5) is 13.5. The minimum Gasteiger partial charge on any atom is -0.268 e. The van der Waals surface area contributed by atoms with Crippen LogP contribution < -0.4 is 5.56 Å². The molecule has 0 fully saturated rings. The fourth-order valence-corrected chi connectivity index (χ4v) is 4.81. The van der Waals surface area contributed by atoms with Crippen LogP contribution >= 0.6 is 11.8 Å². The SMILES string of the molecule is Cc1cccc(-n2c(=O)c3ccccc3n3c(SCc4ccccc4C#N)nnc23)c1C. The molecule has 0 spiro atoms. The first-order valence-corrected chi connectivity index (χ1v) is 11.1. The molecule has 5 rings (SSSR count). The van der Waals surface area contributed by atoms with Crippen molar-refractivity contribution in [2.75, 3.05) is 0 Å². The number of benzene rings is 3. The Bertz CT molecular complexity index is 1590. The number of aryl methyl sites for hydroxylation is 1. The predicted molar refractivity (Wildman–Crippen MR) is 126 cm³/mol. The molecule has 2 heterocycles. The molecule has 0 unspecified atom stereocenters. The van der Waals surface area contributed by atoms with Crippen molar-refractivity contribution in [3.05, 3.63) is 99.3 Å². The normalized spacial score (nSPS) is 11.2. The van der Waals surface area contributed by atoms with Crippen molar-refractivity contribution in [3.8, 4) is 11.8 Å². The van der Waals surface area contributed by atoms with Crippen molar-refractivity contribution in [1.82, 2.24) is 19.2 Å². The number of nitriles is 1. The van der Waals surface area contributed by atoms with Gasteiger partial charge in [-0.05, 0) is 54.8 Å². The number of aromatic nitrogens is 4. The number of hydrogen-bond acceptors (Lipinski definition) is 5. The van der Waals surface area contributed by atoms with Crippen molar-refractivity contribution >= 4 is 28.4 Å². The molecule has 0 aliphatic heterocycles. The molecule has 0 amide bonds. The Hall–Kier alpha value is -3.89. The Kier molecular flexibility index (Phi) is 5.00. The van der Waals surface area contributed by atoms with Crippen molar-refractivity contribution in [1.29, 1.82) is 5.26 Å². The molecule has 5 aromatic rings. The van der Waals surface area contributed by atoms with Crippen LogP contribution in [-0.4, -0.2) is 19.2 Å². The summed E-state index contributed by atoms with van der Waals surface area (Å²) in [5.74, 6) is 1.04. The monoisotopic (exact) mass is 437 g/mol. The van der Waals surface area contributed by atoms with E-state index >= 15 is 0 Å². The van der Waals surface area contributed by atoms with Gasteiger partial charge in [0, 0.05) is 5.75 Å². The van der Waals surface area contributed by atoms with E-state index in [1.807, 2.05) is 85.0 Å². The molecule has 6 nitrogen and oxygen atoms in total. The zero-order valence-corrected chi connectivity index (χ0v) is 18.4. The lowest BCUT2D eigenvalue weighted by molar-refractivity contribution is 0.927. The summed E-state index contributed by atoms with van der Waals surface area (Å²) in [6, 6.07) is 23.2. The summed E-state index contributed by atoms with van der Waals surface area (Å²) in [7, 11) is 0. The molecule has 3 aromatic carbocycles. The van der Waals surface area contributed by atoms with Gasteiger partial charge < -0.3 is 0 Å². The molecular weight excluding hydrogens is 418 g/mol. The molecule has 0 N–H and O–H groups in total. The van der Waals surface area contributed by atoms with Crippen LogP contribution in [-0.2, 0) is 5.75 Å². The highest BCUT2D eigenvalue weighted by molar-refractivity contribution is 7.98. The second kappa shape index (κ2) is 7.98. The average molecular weight is 438 g/mol. The summed E-state index contributed by atoms with van der Waals surface area (Å²) in [5, 5.41) is 19.5. The Morgan fingerprint density at radius 3 is 2.59 bits per heavy atom. The molecule has 0 atom stereocenters. The molecule has 0 bridgehead atoms. The third-order valence-electron chi connectivity index (χ3n) is 5.71. The standard InChI is InChI=1S/C25H19N5OS/c1-16-8-7-13-21(17(16)2)29-23(31)20-11-5-6-12-22(20)30-24(29)27-28-25(30)32-15-19-10-4-3-9-18(19)14-26/h3-13H,15H2,1-2H3. The lowest BCUT2D eigenvalue weighted by atomic mass is 10.1. The fourth-order valence-electron chi connectivity index (χ4n) is 3.86. The molecule has 0 radical (unpaired) electrons. The topological polar surface area (TPSA) is 76.0 Å². The van der Waals surface area contributed by atoms with Gasteiger partial charge in [0.25, 0.3) is 5.56 Å². The Balaban J connectivity index is 1.74. The molecule has 32 heavy (non-hydrogen) atoms. The first-order chi connectivity index (χ1) is 15.6.